The second-order valence-electron chi connectivity index (χ2n) is 5.51. The predicted molar refractivity (Wildman–Crippen MR) is 56.7 cm³/mol. The average molecular weight is 378 g/mol. The molecule has 0 radical (unpaired) electrons. The van der Waals surface area contributed by atoms with Gasteiger partial charge in [0.15, 0.2) is 0 Å². The molecule has 2 aliphatic carbocycles. The van der Waals surface area contributed by atoms with E-state index in [1.54, 1.807) is 0 Å². The molecule has 75 valence electrons. The summed E-state index contributed by atoms with van der Waals surface area (Å²) in [5.74, 6) is 3.07. The number of hydrogen-bond acceptors (Lipinski definition) is 0. The Morgan fingerprint density at radius 3 is 2.79 bits per heavy atom. The minimum atomic E-state index is 0.650. The molecule has 0 spiro atoms. The van der Waals surface area contributed by atoms with Crippen LogP contribution >= 0.6 is 0 Å². The maximum absolute atomic E-state index is 4.12. The zero-order valence-electron chi connectivity index (χ0n) is 9.47. The van der Waals surface area contributed by atoms with Crippen LogP contribution < -0.4 is 0 Å². The summed E-state index contributed by atoms with van der Waals surface area (Å²) in [7, 11) is 0. The summed E-state index contributed by atoms with van der Waals surface area (Å²) >= 11 is 0.877. The Morgan fingerprint density at radius 2 is 2.07 bits per heavy atom. The van der Waals surface area contributed by atoms with Crippen LogP contribution in [0.25, 0.3) is 0 Å². The molecule has 0 saturated heterocycles. The molecule has 0 bridgehead atoms. The Hall–Kier alpha value is 0.675. The van der Waals surface area contributed by atoms with Gasteiger partial charge < -0.3 is 0 Å². The third-order valence-electron chi connectivity index (χ3n) is 4.75. The summed E-state index contributed by atoms with van der Waals surface area (Å²) in [4.78, 5) is 0. The SMILES string of the molecule is C=C[C]1([Hg])CCCC2C(C)CCCC21. The van der Waals surface area contributed by atoms with Crippen LogP contribution in [0.2, 0.25) is 2.92 Å². The fourth-order valence-electron chi connectivity index (χ4n) is 3.79. The molecule has 4 unspecified atom stereocenters. The van der Waals surface area contributed by atoms with Crippen LogP contribution in [0, 0.1) is 17.8 Å². The van der Waals surface area contributed by atoms with Crippen molar-refractivity contribution in [2.75, 3.05) is 0 Å². The van der Waals surface area contributed by atoms with Crippen LogP contribution in [0.15, 0.2) is 12.7 Å². The van der Waals surface area contributed by atoms with Crippen molar-refractivity contribution in [3.05, 3.63) is 12.7 Å². The van der Waals surface area contributed by atoms with Crippen LogP contribution in [0.3, 0.4) is 0 Å². The summed E-state index contributed by atoms with van der Waals surface area (Å²) in [6, 6.07) is 0. The fraction of sp³-hybridized carbons (Fsp3) is 0.846. The Morgan fingerprint density at radius 1 is 1.29 bits per heavy atom. The second kappa shape index (κ2) is 4.27. The first kappa shape index (κ1) is 11.2. The Bertz CT molecular complexity index is 223. The molecule has 0 aromatic heterocycles. The van der Waals surface area contributed by atoms with Gasteiger partial charge in [-0.2, -0.15) is 0 Å². The maximum atomic E-state index is 4.12. The molecular weight excluding hydrogens is 357 g/mol. The van der Waals surface area contributed by atoms with Crippen molar-refractivity contribution >= 4 is 0 Å². The Labute approximate surface area is 105 Å². The summed E-state index contributed by atoms with van der Waals surface area (Å²) in [5, 5.41) is 0. The van der Waals surface area contributed by atoms with E-state index in [1.165, 1.54) is 38.5 Å². The molecular formula is C13H21Hg. The fourth-order valence-corrected chi connectivity index (χ4v) is 6.73. The van der Waals surface area contributed by atoms with E-state index in [1.807, 2.05) is 0 Å². The van der Waals surface area contributed by atoms with Gasteiger partial charge in [0, 0.05) is 0 Å². The molecule has 0 aliphatic heterocycles. The van der Waals surface area contributed by atoms with E-state index in [-0.39, 0.29) is 0 Å². The van der Waals surface area contributed by atoms with Crippen molar-refractivity contribution in [3.8, 4) is 0 Å². The van der Waals surface area contributed by atoms with E-state index in [9.17, 15) is 0 Å². The molecule has 4 atom stereocenters. The summed E-state index contributed by atoms with van der Waals surface area (Å²) < 4.78 is 0.650. The van der Waals surface area contributed by atoms with Crippen molar-refractivity contribution in [2.24, 2.45) is 17.8 Å². The van der Waals surface area contributed by atoms with Crippen LogP contribution in [-0.2, 0) is 26.1 Å². The first-order valence-corrected chi connectivity index (χ1v) is 8.91. The van der Waals surface area contributed by atoms with Crippen molar-refractivity contribution in [3.63, 3.8) is 0 Å². The van der Waals surface area contributed by atoms with E-state index in [0.717, 1.165) is 43.9 Å². The molecule has 0 nitrogen and oxygen atoms in total. The molecule has 1 heteroatoms. The topological polar surface area (TPSA) is 0 Å². The standard InChI is InChI=1S/C13H21.Hg/c1-3-11-7-5-8-12-10(2)6-4-9-13(11)12;/h3,10,12-13H,1,4-9H2,2H3;. The molecule has 0 aromatic carbocycles. The summed E-state index contributed by atoms with van der Waals surface area (Å²) in [5.41, 5.74) is 0. The normalized spacial score (nSPS) is 48.4. The van der Waals surface area contributed by atoms with Crippen molar-refractivity contribution in [1.82, 2.24) is 0 Å². The van der Waals surface area contributed by atoms with Gasteiger partial charge in [0.05, 0.1) is 0 Å². The quantitative estimate of drug-likeness (QED) is 0.476. The summed E-state index contributed by atoms with van der Waals surface area (Å²) in [6.45, 7) is 6.61. The van der Waals surface area contributed by atoms with Gasteiger partial charge in [0.1, 0.15) is 0 Å². The Balaban J connectivity index is 2.19. The third-order valence-corrected chi connectivity index (χ3v) is 9.28. The number of fused-ring (bicyclic) bond motifs is 1. The van der Waals surface area contributed by atoms with Gasteiger partial charge in [-0.15, -0.1) is 0 Å². The predicted octanol–water partition coefficient (Wildman–Crippen LogP) is 4.11. The number of hydrogen-bond donors (Lipinski definition) is 0. The van der Waals surface area contributed by atoms with Gasteiger partial charge in [-0.1, -0.05) is 0 Å². The monoisotopic (exact) mass is 379 g/mol. The van der Waals surface area contributed by atoms with Gasteiger partial charge in [0.2, 0.25) is 0 Å². The first-order chi connectivity index (χ1) is 6.67. The van der Waals surface area contributed by atoms with Crippen molar-refractivity contribution in [2.45, 2.75) is 48.4 Å². The minimum absolute atomic E-state index is 0.650. The molecule has 2 rings (SSSR count). The average Bonchev–Trinajstić information content (AvgIpc) is 2.20. The third kappa shape index (κ3) is 1.84. The summed E-state index contributed by atoms with van der Waals surface area (Å²) in [6.07, 6.45) is 11.3. The van der Waals surface area contributed by atoms with Crippen LogP contribution in [-0.4, -0.2) is 0 Å². The molecule has 0 aromatic rings. The molecule has 2 fully saturated rings. The van der Waals surface area contributed by atoms with Gasteiger partial charge in [-0.3, -0.25) is 0 Å². The van der Waals surface area contributed by atoms with Crippen LogP contribution in [0.4, 0.5) is 0 Å². The molecule has 0 heterocycles. The van der Waals surface area contributed by atoms with E-state index < -0.39 is 0 Å². The van der Waals surface area contributed by atoms with Crippen molar-refractivity contribution < 1.29 is 26.1 Å². The molecule has 0 amide bonds. The van der Waals surface area contributed by atoms with Gasteiger partial charge in [-0.25, -0.2) is 0 Å². The van der Waals surface area contributed by atoms with Gasteiger partial charge >= 0.3 is 105 Å². The van der Waals surface area contributed by atoms with Gasteiger partial charge in [0.25, 0.3) is 0 Å². The first-order valence-electron chi connectivity index (χ1n) is 6.16. The van der Waals surface area contributed by atoms with E-state index in [0.29, 0.717) is 2.92 Å². The zero-order chi connectivity index (χ0) is 10.2. The number of allylic oxidation sites excluding steroid dienone is 1. The van der Waals surface area contributed by atoms with E-state index in [4.69, 9.17) is 0 Å². The number of rotatable bonds is 1. The zero-order valence-corrected chi connectivity index (χ0v) is 15.0. The second-order valence-corrected chi connectivity index (χ2v) is 10.6. The van der Waals surface area contributed by atoms with E-state index >= 15 is 0 Å². The van der Waals surface area contributed by atoms with Gasteiger partial charge in [-0.05, 0) is 0 Å². The van der Waals surface area contributed by atoms with E-state index in [2.05, 4.69) is 19.6 Å². The van der Waals surface area contributed by atoms with Crippen LogP contribution in [0.1, 0.15) is 45.4 Å². The van der Waals surface area contributed by atoms with Crippen molar-refractivity contribution in [1.29, 1.82) is 0 Å². The molecule has 0 N–H and O–H groups in total. The molecule has 2 saturated carbocycles. The molecule has 2 aliphatic rings. The molecule has 14 heavy (non-hydrogen) atoms. The Kier molecular flexibility index (Phi) is 3.41. The van der Waals surface area contributed by atoms with Crippen LogP contribution in [0.5, 0.6) is 0 Å².